The number of unbranched alkanes of at least 4 members (excludes halogenated alkanes) is 3. The van der Waals surface area contributed by atoms with Crippen LogP contribution in [-0.4, -0.2) is 16.7 Å². The van der Waals surface area contributed by atoms with Crippen LogP contribution in [0.25, 0.3) is 0 Å². The molecule has 1 nitrogen and oxygen atoms in total. The van der Waals surface area contributed by atoms with Crippen molar-refractivity contribution in [2.24, 2.45) is 0 Å². The molecule has 78 valence electrons. The van der Waals surface area contributed by atoms with Crippen molar-refractivity contribution >= 4 is 11.8 Å². The number of thioether (sulfide) groups is 1. The summed E-state index contributed by atoms with van der Waals surface area (Å²) in [7, 11) is 0. The average Bonchev–Trinajstić information content (AvgIpc) is 2.41. The molecule has 2 unspecified atom stereocenters. The van der Waals surface area contributed by atoms with E-state index in [4.69, 9.17) is 0 Å². The fourth-order valence-corrected chi connectivity index (χ4v) is 3.41. The van der Waals surface area contributed by atoms with Gasteiger partial charge < -0.3 is 5.32 Å². The zero-order valence-corrected chi connectivity index (χ0v) is 10.0. The van der Waals surface area contributed by atoms with Crippen molar-refractivity contribution in [3.63, 3.8) is 0 Å². The maximum atomic E-state index is 3.62. The Morgan fingerprint density at radius 1 is 1.38 bits per heavy atom. The standard InChI is InChI=1S/C11H23NS/c1-4-5-6-7-8-11(3)12-9-10(2)13-11/h10,12H,4-9H2,1-3H3. The third-order valence-corrected chi connectivity index (χ3v) is 4.17. The highest BCUT2D eigenvalue weighted by Gasteiger charge is 2.32. The second-order valence-corrected chi connectivity index (χ2v) is 6.29. The summed E-state index contributed by atoms with van der Waals surface area (Å²) in [4.78, 5) is 0.382. The molecule has 0 aromatic rings. The van der Waals surface area contributed by atoms with E-state index in [2.05, 4.69) is 37.8 Å². The van der Waals surface area contributed by atoms with Gasteiger partial charge >= 0.3 is 0 Å². The Balaban J connectivity index is 2.12. The Hall–Kier alpha value is 0.310. The average molecular weight is 201 g/mol. The molecule has 0 aliphatic carbocycles. The predicted octanol–water partition coefficient (Wildman–Crippen LogP) is 3.40. The van der Waals surface area contributed by atoms with Crippen LogP contribution in [0.15, 0.2) is 0 Å². The monoisotopic (exact) mass is 201 g/mol. The van der Waals surface area contributed by atoms with Gasteiger partial charge in [0.05, 0.1) is 4.87 Å². The lowest BCUT2D eigenvalue weighted by Gasteiger charge is -2.23. The van der Waals surface area contributed by atoms with Crippen molar-refractivity contribution in [3.05, 3.63) is 0 Å². The zero-order valence-electron chi connectivity index (χ0n) is 9.23. The Morgan fingerprint density at radius 3 is 2.69 bits per heavy atom. The van der Waals surface area contributed by atoms with E-state index in [1.54, 1.807) is 0 Å². The summed E-state index contributed by atoms with van der Waals surface area (Å²) < 4.78 is 0. The lowest BCUT2D eigenvalue weighted by atomic mass is 10.1. The van der Waals surface area contributed by atoms with Crippen LogP contribution in [0.2, 0.25) is 0 Å². The van der Waals surface area contributed by atoms with Crippen LogP contribution in [0.5, 0.6) is 0 Å². The first kappa shape index (κ1) is 11.4. The van der Waals surface area contributed by atoms with Crippen molar-refractivity contribution in [1.82, 2.24) is 5.32 Å². The normalized spacial score (nSPS) is 33.9. The molecular formula is C11H23NS. The largest absolute Gasteiger partial charge is 0.302 e. The molecule has 13 heavy (non-hydrogen) atoms. The third kappa shape index (κ3) is 3.90. The Morgan fingerprint density at radius 2 is 2.15 bits per heavy atom. The van der Waals surface area contributed by atoms with Crippen molar-refractivity contribution < 1.29 is 0 Å². The molecule has 0 spiro atoms. The first-order valence-electron chi connectivity index (χ1n) is 5.59. The molecule has 0 bridgehead atoms. The van der Waals surface area contributed by atoms with Gasteiger partial charge in [-0.05, 0) is 13.3 Å². The smallest absolute Gasteiger partial charge is 0.0620 e. The Bertz CT molecular complexity index is 149. The maximum absolute atomic E-state index is 3.62. The highest BCUT2D eigenvalue weighted by atomic mass is 32.2. The van der Waals surface area contributed by atoms with Crippen molar-refractivity contribution in [2.75, 3.05) is 6.54 Å². The van der Waals surface area contributed by atoms with E-state index >= 15 is 0 Å². The molecule has 1 rings (SSSR count). The molecule has 0 radical (unpaired) electrons. The molecule has 1 aliphatic heterocycles. The molecule has 1 fully saturated rings. The molecule has 2 heteroatoms. The van der Waals surface area contributed by atoms with Crippen molar-refractivity contribution in [2.45, 2.75) is 63.0 Å². The minimum atomic E-state index is 0.382. The number of rotatable bonds is 5. The van der Waals surface area contributed by atoms with Crippen LogP contribution in [0.1, 0.15) is 52.9 Å². The predicted molar refractivity (Wildman–Crippen MR) is 62.2 cm³/mol. The molecule has 1 heterocycles. The second-order valence-electron chi connectivity index (χ2n) is 4.35. The van der Waals surface area contributed by atoms with Crippen LogP contribution in [0.4, 0.5) is 0 Å². The number of hydrogen-bond acceptors (Lipinski definition) is 2. The summed E-state index contributed by atoms with van der Waals surface area (Å²) in [5, 5.41) is 4.42. The van der Waals surface area contributed by atoms with Crippen LogP contribution >= 0.6 is 11.8 Å². The van der Waals surface area contributed by atoms with E-state index < -0.39 is 0 Å². The zero-order chi connectivity index (χ0) is 9.73. The molecule has 1 saturated heterocycles. The molecule has 0 amide bonds. The number of nitrogens with one attached hydrogen (secondary N) is 1. The third-order valence-electron chi connectivity index (χ3n) is 2.73. The summed E-state index contributed by atoms with van der Waals surface area (Å²) in [6, 6.07) is 0. The van der Waals surface area contributed by atoms with E-state index in [9.17, 15) is 0 Å². The summed E-state index contributed by atoms with van der Waals surface area (Å²) >= 11 is 2.11. The van der Waals surface area contributed by atoms with Gasteiger partial charge in [0.15, 0.2) is 0 Å². The van der Waals surface area contributed by atoms with E-state index in [1.165, 1.54) is 38.6 Å². The van der Waals surface area contributed by atoms with Crippen molar-refractivity contribution in [1.29, 1.82) is 0 Å². The fraction of sp³-hybridized carbons (Fsp3) is 1.00. The van der Waals surface area contributed by atoms with Crippen LogP contribution in [-0.2, 0) is 0 Å². The summed E-state index contributed by atoms with van der Waals surface area (Å²) in [6.07, 6.45) is 6.87. The van der Waals surface area contributed by atoms with Crippen LogP contribution in [0.3, 0.4) is 0 Å². The first-order valence-corrected chi connectivity index (χ1v) is 6.47. The quantitative estimate of drug-likeness (QED) is 0.684. The molecule has 0 aromatic heterocycles. The highest BCUT2D eigenvalue weighted by Crippen LogP contribution is 2.36. The summed E-state index contributed by atoms with van der Waals surface area (Å²) in [5.41, 5.74) is 0. The molecule has 2 atom stereocenters. The minimum Gasteiger partial charge on any atom is -0.302 e. The van der Waals surface area contributed by atoms with E-state index in [0.717, 1.165) is 5.25 Å². The van der Waals surface area contributed by atoms with E-state index in [-0.39, 0.29) is 0 Å². The van der Waals surface area contributed by atoms with Gasteiger partial charge in [0.2, 0.25) is 0 Å². The molecular weight excluding hydrogens is 178 g/mol. The first-order chi connectivity index (χ1) is 6.16. The fourth-order valence-electron chi connectivity index (χ4n) is 1.92. The minimum absolute atomic E-state index is 0.382. The molecule has 0 saturated carbocycles. The second kappa shape index (κ2) is 5.26. The molecule has 1 N–H and O–H groups in total. The van der Waals surface area contributed by atoms with Gasteiger partial charge in [-0.15, -0.1) is 11.8 Å². The Labute approximate surface area is 87.1 Å². The maximum Gasteiger partial charge on any atom is 0.0620 e. The van der Waals surface area contributed by atoms with Gasteiger partial charge in [0.1, 0.15) is 0 Å². The van der Waals surface area contributed by atoms with Gasteiger partial charge in [-0.2, -0.15) is 0 Å². The SMILES string of the molecule is CCCCCCC1(C)NCC(C)S1. The van der Waals surface area contributed by atoms with Gasteiger partial charge in [-0.3, -0.25) is 0 Å². The lowest BCUT2D eigenvalue weighted by Crippen LogP contribution is -2.33. The molecule has 1 aliphatic rings. The Kier molecular flexibility index (Phi) is 4.60. The van der Waals surface area contributed by atoms with Crippen LogP contribution in [0, 0.1) is 0 Å². The van der Waals surface area contributed by atoms with Crippen LogP contribution < -0.4 is 5.32 Å². The van der Waals surface area contributed by atoms with E-state index in [0.29, 0.717) is 4.87 Å². The number of hydrogen-bond donors (Lipinski definition) is 1. The summed E-state index contributed by atoms with van der Waals surface area (Å²) in [5.74, 6) is 0. The van der Waals surface area contributed by atoms with E-state index in [1.807, 2.05) is 0 Å². The highest BCUT2D eigenvalue weighted by molar-refractivity contribution is 8.01. The summed E-state index contributed by atoms with van der Waals surface area (Å²) in [6.45, 7) is 8.13. The van der Waals surface area contributed by atoms with Gasteiger partial charge in [0.25, 0.3) is 0 Å². The lowest BCUT2D eigenvalue weighted by molar-refractivity contribution is 0.470. The van der Waals surface area contributed by atoms with Crippen molar-refractivity contribution in [3.8, 4) is 0 Å². The van der Waals surface area contributed by atoms with Gasteiger partial charge in [-0.25, -0.2) is 0 Å². The topological polar surface area (TPSA) is 12.0 Å². The van der Waals surface area contributed by atoms with Gasteiger partial charge in [0, 0.05) is 11.8 Å². The van der Waals surface area contributed by atoms with Gasteiger partial charge in [-0.1, -0.05) is 39.5 Å². The molecule has 0 aromatic carbocycles.